The molecule has 0 aliphatic carbocycles. The van der Waals surface area contributed by atoms with Gasteiger partial charge in [-0.25, -0.2) is 9.78 Å². The molecular weight excluding hydrogens is 198 g/mol. The molecule has 0 saturated carbocycles. The monoisotopic (exact) mass is 209 g/mol. The van der Waals surface area contributed by atoms with Gasteiger partial charge in [-0.05, 0) is 0 Å². The maximum atomic E-state index is 10.9. The van der Waals surface area contributed by atoms with Crippen LogP contribution in [0.5, 0.6) is 0 Å². The molecule has 1 unspecified atom stereocenters. The van der Waals surface area contributed by atoms with E-state index in [9.17, 15) is 4.79 Å². The van der Waals surface area contributed by atoms with Gasteiger partial charge in [0.05, 0.1) is 6.61 Å². The average molecular weight is 209 g/mol. The van der Waals surface area contributed by atoms with Crippen LogP contribution in [0.2, 0.25) is 0 Å². The summed E-state index contributed by atoms with van der Waals surface area (Å²) in [6, 6.07) is 0. The molecule has 6 nitrogen and oxygen atoms in total. The lowest BCUT2D eigenvalue weighted by molar-refractivity contribution is 0.0232. The van der Waals surface area contributed by atoms with Gasteiger partial charge in [-0.1, -0.05) is 0 Å². The van der Waals surface area contributed by atoms with Gasteiger partial charge in [-0.2, -0.15) is 0 Å². The lowest BCUT2D eigenvalue weighted by Gasteiger charge is -2.23. The number of carboxylic acids is 1. The van der Waals surface area contributed by atoms with Crippen molar-refractivity contribution in [2.24, 2.45) is 0 Å². The quantitative estimate of drug-likeness (QED) is 0.703. The molecule has 2 heterocycles. The minimum atomic E-state index is -1.08. The number of carboxylic acid groups (broad SMARTS) is 1. The number of aromatic carboxylic acids is 1. The number of ether oxygens (including phenoxy) is 1. The Bertz CT molecular complexity index is 363. The Hall–Kier alpha value is -1.53. The van der Waals surface area contributed by atoms with Crippen LogP contribution in [0, 0.1) is 0 Å². The largest absolute Gasteiger partial charge is 0.476 e. The molecular formula is C9H11N3O3. The Labute approximate surface area is 86.3 Å². The van der Waals surface area contributed by atoms with E-state index in [1.165, 1.54) is 12.4 Å². The van der Waals surface area contributed by atoms with Gasteiger partial charge in [0, 0.05) is 25.5 Å². The summed E-state index contributed by atoms with van der Waals surface area (Å²) in [4.78, 5) is 18.7. The van der Waals surface area contributed by atoms with Gasteiger partial charge in [-0.3, -0.25) is 4.98 Å². The molecule has 1 aromatic heterocycles. The van der Waals surface area contributed by atoms with E-state index in [0.29, 0.717) is 18.8 Å². The third kappa shape index (κ3) is 2.11. The van der Waals surface area contributed by atoms with E-state index in [1.54, 1.807) is 0 Å². The van der Waals surface area contributed by atoms with E-state index in [-0.39, 0.29) is 11.8 Å². The minimum absolute atomic E-state index is 0.0359. The van der Waals surface area contributed by atoms with Gasteiger partial charge in [0.15, 0.2) is 5.69 Å². The Morgan fingerprint density at radius 3 is 3.00 bits per heavy atom. The SMILES string of the molecule is O=C(O)c1nccnc1C1CNCCO1. The number of morpholine rings is 1. The van der Waals surface area contributed by atoms with Gasteiger partial charge in [0.25, 0.3) is 0 Å². The fraction of sp³-hybridized carbons (Fsp3) is 0.444. The molecule has 6 heteroatoms. The molecule has 0 radical (unpaired) electrons. The number of aromatic nitrogens is 2. The lowest BCUT2D eigenvalue weighted by atomic mass is 10.1. The number of nitrogens with zero attached hydrogens (tertiary/aromatic N) is 2. The van der Waals surface area contributed by atoms with E-state index in [4.69, 9.17) is 9.84 Å². The van der Waals surface area contributed by atoms with Crippen molar-refractivity contribution in [2.75, 3.05) is 19.7 Å². The van der Waals surface area contributed by atoms with Gasteiger partial charge < -0.3 is 15.2 Å². The first-order valence-electron chi connectivity index (χ1n) is 4.65. The van der Waals surface area contributed by atoms with E-state index in [0.717, 1.165) is 6.54 Å². The van der Waals surface area contributed by atoms with Crippen molar-refractivity contribution in [1.29, 1.82) is 0 Å². The molecule has 1 saturated heterocycles. The van der Waals surface area contributed by atoms with Crippen molar-refractivity contribution < 1.29 is 14.6 Å². The first-order chi connectivity index (χ1) is 7.29. The summed E-state index contributed by atoms with van der Waals surface area (Å²) in [6.45, 7) is 1.90. The third-order valence-electron chi connectivity index (χ3n) is 2.16. The molecule has 2 N–H and O–H groups in total. The van der Waals surface area contributed by atoms with Crippen molar-refractivity contribution in [2.45, 2.75) is 6.10 Å². The van der Waals surface area contributed by atoms with Crippen LogP contribution >= 0.6 is 0 Å². The van der Waals surface area contributed by atoms with Crippen LogP contribution in [0.25, 0.3) is 0 Å². The fourth-order valence-corrected chi connectivity index (χ4v) is 1.49. The van der Waals surface area contributed by atoms with E-state index in [1.807, 2.05) is 0 Å². The van der Waals surface area contributed by atoms with Crippen LogP contribution in [0.4, 0.5) is 0 Å². The Morgan fingerprint density at radius 1 is 1.53 bits per heavy atom. The maximum absolute atomic E-state index is 10.9. The molecule has 15 heavy (non-hydrogen) atoms. The Kier molecular flexibility index (Phi) is 2.89. The molecule has 80 valence electrons. The van der Waals surface area contributed by atoms with E-state index >= 15 is 0 Å². The molecule has 0 bridgehead atoms. The van der Waals surface area contributed by atoms with Gasteiger partial charge in [0.2, 0.25) is 0 Å². The molecule has 2 rings (SSSR count). The highest BCUT2D eigenvalue weighted by Gasteiger charge is 2.23. The number of hydrogen-bond acceptors (Lipinski definition) is 5. The normalized spacial score (nSPS) is 21.2. The molecule has 0 amide bonds. The number of hydrogen-bond donors (Lipinski definition) is 2. The molecule has 0 spiro atoms. The molecule has 1 aliphatic heterocycles. The highest BCUT2D eigenvalue weighted by Crippen LogP contribution is 2.18. The maximum Gasteiger partial charge on any atom is 0.356 e. The average Bonchev–Trinajstić information content (AvgIpc) is 2.30. The third-order valence-corrected chi connectivity index (χ3v) is 2.16. The molecule has 1 aromatic rings. The summed E-state index contributed by atoms with van der Waals surface area (Å²) in [7, 11) is 0. The smallest absolute Gasteiger partial charge is 0.356 e. The standard InChI is InChI=1S/C9H11N3O3/c13-9(14)8-7(11-1-2-12-8)6-5-10-3-4-15-6/h1-2,6,10H,3-5H2,(H,13,14). The highest BCUT2D eigenvalue weighted by molar-refractivity contribution is 5.86. The first kappa shape index (κ1) is 10.0. The summed E-state index contributed by atoms with van der Waals surface area (Å²) in [5, 5.41) is 12.0. The van der Waals surface area contributed by atoms with Crippen molar-refractivity contribution in [3.8, 4) is 0 Å². The fourth-order valence-electron chi connectivity index (χ4n) is 1.49. The van der Waals surface area contributed by atoms with Gasteiger partial charge in [-0.15, -0.1) is 0 Å². The zero-order valence-corrected chi connectivity index (χ0v) is 8.01. The van der Waals surface area contributed by atoms with E-state index in [2.05, 4.69) is 15.3 Å². The second-order valence-electron chi connectivity index (χ2n) is 3.16. The number of nitrogens with one attached hydrogen (secondary N) is 1. The van der Waals surface area contributed by atoms with Crippen LogP contribution < -0.4 is 5.32 Å². The summed E-state index contributed by atoms with van der Waals surface area (Å²) in [5.41, 5.74) is 0.350. The van der Waals surface area contributed by atoms with Crippen LogP contribution in [0.1, 0.15) is 22.3 Å². The predicted molar refractivity (Wildman–Crippen MR) is 50.6 cm³/mol. The summed E-state index contributed by atoms with van der Waals surface area (Å²) in [6.07, 6.45) is 2.52. The predicted octanol–water partition coefficient (Wildman–Crippen LogP) is -0.164. The molecule has 1 aliphatic rings. The van der Waals surface area contributed by atoms with E-state index < -0.39 is 5.97 Å². The summed E-state index contributed by atoms with van der Waals surface area (Å²) in [5.74, 6) is -1.08. The summed E-state index contributed by atoms with van der Waals surface area (Å²) < 4.78 is 5.43. The summed E-state index contributed by atoms with van der Waals surface area (Å²) >= 11 is 0. The van der Waals surface area contributed by atoms with Crippen LogP contribution in [-0.2, 0) is 4.74 Å². The number of rotatable bonds is 2. The van der Waals surface area contributed by atoms with Gasteiger partial charge in [0.1, 0.15) is 11.8 Å². The minimum Gasteiger partial charge on any atom is -0.476 e. The first-order valence-corrected chi connectivity index (χ1v) is 4.65. The van der Waals surface area contributed by atoms with Crippen molar-refractivity contribution in [3.63, 3.8) is 0 Å². The van der Waals surface area contributed by atoms with Crippen LogP contribution in [0.3, 0.4) is 0 Å². The Balaban J connectivity index is 2.29. The zero-order chi connectivity index (χ0) is 10.7. The molecule has 0 aromatic carbocycles. The second-order valence-corrected chi connectivity index (χ2v) is 3.16. The molecule has 1 atom stereocenters. The topological polar surface area (TPSA) is 84.3 Å². The van der Waals surface area contributed by atoms with Gasteiger partial charge >= 0.3 is 5.97 Å². The van der Waals surface area contributed by atoms with Crippen molar-refractivity contribution in [1.82, 2.24) is 15.3 Å². The van der Waals surface area contributed by atoms with Crippen molar-refractivity contribution in [3.05, 3.63) is 23.8 Å². The highest BCUT2D eigenvalue weighted by atomic mass is 16.5. The van der Waals surface area contributed by atoms with Crippen LogP contribution in [0.15, 0.2) is 12.4 Å². The van der Waals surface area contributed by atoms with Crippen LogP contribution in [-0.4, -0.2) is 40.7 Å². The molecule has 1 fully saturated rings. The lowest BCUT2D eigenvalue weighted by Crippen LogP contribution is -2.34. The second kappa shape index (κ2) is 4.33. The Morgan fingerprint density at radius 2 is 2.33 bits per heavy atom. The number of carbonyl (C=O) groups is 1. The zero-order valence-electron chi connectivity index (χ0n) is 8.01. The van der Waals surface area contributed by atoms with Crippen molar-refractivity contribution >= 4 is 5.97 Å².